The monoisotopic (exact) mass is 333 g/mol. The maximum absolute atomic E-state index is 12.0. The van der Waals surface area contributed by atoms with E-state index in [4.69, 9.17) is 9.72 Å². The van der Waals surface area contributed by atoms with Gasteiger partial charge in [-0.3, -0.25) is 14.7 Å². The summed E-state index contributed by atoms with van der Waals surface area (Å²) in [6.45, 7) is 1.39. The number of fused-ring (bicyclic) bond motifs is 1. The maximum Gasteiger partial charge on any atom is 0.228 e. The molecule has 0 unspecified atom stereocenters. The molecule has 2 aliphatic rings. The van der Waals surface area contributed by atoms with Gasteiger partial charge in [0.05, 0.1) is 25.1 Å². The third-order valence-corrected chi connectivity index (χ3v) is 4.53. The fourth-order valence-electron chi connectivity index (χ4n) is 3.13. The predicted octanol–water partition coefficient (Wildman–Crippen LogP) is 3.23. The zero-order valence-electron chi connectivity index (χ0n) is 14.1. The summed E-state index contributed by atoms with van der Waals surface area (Å²) in [7, 11) is 1.66. The quantitative estimate of drug-likeness (QED) is 0.863. The molecule has 0 N–H and O–H groups in total. The van der Waals surface area contributed by atoms with E-state index in [1.807, 2.05) is 48.6 Å². The largest absolute Gasteiger partial charge is 0.497 e. The highest BCUT2D eigenvalue weighted by Gasteiger charge is 2.25. The molecule has 0 aliphatic carbocycles. The second-order valence-corrected chi connectivity index (χ2v) is 6.13. The van der Waals surface area contributed by atoms with Crippen molar-refractivity contribution in [1.29, 1.82) is 0 Å². The minimum Gasteiger partial charge on any atom is -0.497 e. The molecule has 1 amide bonds. The van der Waals surface area contributed by atoms with Crippen molar-refractivity contribution in [2.24, 2.45) is 4.99 Å². The van der Waals surface area contributed by atoms with Crippen LogP contribution in [0.5, 0.6) is 5.75 Å². The number of carbonyl (C=O) groups excluding carboxylic acids is 1. The summed E-state index contributed by atoms with van der Waals surface area (Å²) < 4.78 is 5.17. The van der Waals surface area contributed by atoms with Crippen molar-refractivity contribution in [3.05, 3.63) is 59.3 Å². The van der Waals surface area contributed by atoms with Crippen LogP contribution in [0.3, 0.4) is 0 Å². The summed E-state index contributed by atoms with van der Waals surface area (Å²) in [5.74, 6) is 1.72. The normalized spacial score (nSPS) is 16.4. The van der Waals surface area contributed by atoms with E-state index in [0.717, 1.165) is 47.1 Å². The number of amides is 1. The Morgan fingerprint density at radius 3 is 2.68 bits per heavy atom. The van der Waals surface area contributed by atoms with Gasteiger partial charge in [0, 0.05) is 18.5 Å². The number of ether oxygens (including phenoxy) is 1. The Kier molecular flexibility index (Phi) is 4.06. The number of rotatable bonds is 4. The standard InChI is InChI=1S/C20H19N3O2/c1-25-16-8-4-14(5-9-16)6-10-17-20-15(13-21-17)7-11-18(22-20)23-12-2-3-19(23)24/h4-11H,2-3,12-13H2,1H3/b10-6+. The molecule has 0 atom stereocenters. The van der Waals surface area contributed by atoms with Gasteiger partial charge >= 0.3 is 0 Å². The molecule has 25 heavy (non-hydrogen) atoms. The molecular weight excluding hydrogens is 314 g/mol. The molecule has 1 saturated heterocycles. The molecule has 1 aromatic carbocycles. The maximum atomic E-state index is 12.0. The zero-order valence-corrected chi connectivity index (χ0v) is 14.1. The first-order valence-corrected chi connectivity index (χ1v) is 8.42. The first-order chi connectivity index (χ1) is 12.2. The van der Waals surface area contributed by atoms with Gasteiger partial charge in [-0.25, -0.2) is 4.98 Å². The van der Waals surface area contributed by atoms with Gasteiger partial charge in [-0.1, -0.05) is 24.3 Å². The molecule has 5 heteroatoms. The zero-order chi connectivity index (χ0) is 17.2. The SMILES string of the molecule is COc1ccc(/C=C/C2=NCc3ccc(N4CCCC4=O)nc32)cc1. The second-order valence-electron chi connectivity index (χ2n) is 6.13. The predicted molar refractivity (Wildman–Crippen MR) is 98.1 cm³/mol. The van der Waals surface area contributed by atoms with E-state index >= 15 is 0 Å². The van der Waals surface area contributed by atoms with Crippen LogP contribution in [-0.4, -0.2) is 30.3 Å². The van der Waals surface area contributed by atoms with Crippen LogP contribution in [0.2, 0.25) is 0 Å². The van der Waals surface area contributed by atoms with E-state index in [0.29, 0.717) is 13.0 Å². The van der Waals surface area contributed by atoms with Crippen molar-refractivity contribution in [3.63, 3.8) is 0 Å². The van der Waals surface area contributed by atoms with Gasteiger partial charge in [0.2, 0.25) is 5.91 Å². The molecule has 0 radical (unpaired) electrons. The number of hydrogen-bond donors (Lipinski definition) is 0. The number of allylic oxidation sites excluding steroid dienone is 1. The number of methoxy groups -OCH3 is 1. The van der Waals surface area contributed by atoms with Gasteiger partial charge in [-0.05, 0) is 36.3 Å². The smallest absolute Gasteiger partial charge is 0.228 e. The van der Waals surface area contributed by atoms with E-state index in [9.17, 15) is 4.79 Å². The molecular formula is C20H19N3O2. The minimum absolute atomic E-state index is 0.151. The van der Waals surface area contributed by atoms with Gasteiger partial charge in [0.25, 0.3) is 0 Å². The Morgan fingerprint density at radius 1 is 1.12 bits per heavy atom. The molecule has 3 heterocycles. The second kappa shape index (κ2) is 6.51. The topological polar surface area (TPSA) is 54.8 Å². The van der Waals surface area contributed by atoms with Gasteiger partial charge in [0.15, 0.2) is 0 Å². The fourth-order valence-corrected chi connectivity index (χ4v) is 3.13. The molecule has 2 aromatic rings. The van der Waals surface area contributed by atoms with Crippen molar-refractivity contribution in [3.8, 4) is 5.75 Å². The molecule has 4 rings (SSSR count). The van der Waals surface area contributed by atoms with E-state index in [2.05, 4.69) is 4.99 Å². The first kappa shape index (κ1) is 15.6. The number of pyridine rings is 1. The molecule has 5 nitrogen and oxygen atoms in total. The molecule has 2 aliphatic heterocycles. The lowest BCUT2D eigenvalue weighted by atomic mass is 10.1. The summed E-state index contributed by atoms with van der Waals surface area (Å²) in [5, 5.41) is 0. The number of anilines is 1. The highest BCUT2D eigenvalue weighted by atomic mass is 16.5. The molecule has 0 spiro atoms. The van der Waals surface area contributed by atoms with Crippen LogP contribution in [0, 0.1) is 0 Å². The Bertz CT molecular complexity index is 869. The van der Waals surface area contributed by atoms with Crippen LogP contribution < -0.4 is 9.64 Å². The van der Waals surface area contributed by atoms with E-state index in [1.165, 1.54) is 0 Å². The lowest BCUT2D eigenvalue weighted by Crippen LogP contribution is -2.25. The average Bonchev–Trinajstić information content (AvgIpc) is 3.26. The summed E-state index contributed by atoms with van der Waals surface area (Å²) in [5.41, 5.74) is 3.91. The lowest BCUT2D eigenvalue weighted by Gasteiger charge is -2.15. The van der Waals surface area contributed by atoms with Crippen molar-refractivity contribution >= 4 is 23.5 Å². The van der Waals surface area contributed by atoms with Gasteiger partial charge in [-0.2, -0.15) is 0 Å². The number of benzene rings is 1. The third-order valence-electron chi connectivity index (χ3n) is 4.53. The Hall–Kier alpha value is -2.95. The Labute approximate surface area is 146 Å². The van der Waals surface area contributed by atoms with Crippen LogP contribution in [0.25, 0.3) is 6.08 Å². The minimum atomic E-state index is 0.151. The molecule has 0 saturated carbocycles. The molecule has 126 valence electrons. The number of nitrogens with zero attached hydrogens (tertiary/aromatic N) is 3. The third kappa shape index (κ3) is 3.05. The van der Waals surface area contributed by atoms with Gasteiger partial charge in [-0.15, -0.1) is 0 Å². The number of aliphatic imine (C=N–C) groups is 1. The van der Waals surface area contributed by atoms with Crippen molar-refractivity contribution in [2.75, 3.05) is 18.6 Å². The molecule has 1 fully saturated rings. The number of carbonyl (C=O) groups is 1. The number of hydrogen-bond acceptors (Lipinski definition) is 4. The van der Waals surface area contributed by atoms with Crippen LogP contribution in [0.4, 0.5) is 5.82 Å². The van der Waals surface area contributed by atoms with Crippen molar-refractivity contribution in [2.45, 2.75) is 19.4 Å². The summed E-state index contributed by atoms with van der Waals surface area (Å²) in [4.78, 5) is 23.0. The van der Waals surface area contributed by atoms with Crippen LogP contribution in [0.1, 0.15) is 29.7 Å². The van der Waals surface area contributed by atoms with E-state index in [-0.39, 0.29) is 5.91 Å². The Morgan fingerprint density at radius 2 is 1.96 bits per heavy atom. The van der Waals surface area contributed by atoms with Gasteiger partial charge in [0.1, 0.15) is 11.6 Å². The summed E-state index contributed by atoms with van der Waals surface area (Å²) in [6, 6.07) is 11.8. The van der Waals surface area contributed by atoms with Gasteiger partial charge < -0.3 is 4.74 Å². The number of aromatic nitrogens is 1. The highest BCUT2D eigenvalue weighted by Crippen LogP contribution is 2.25. The van der Waals surface area contributed by atoms with Crippen LogP contribution in [-0.2, 0) is 11.3 Å². The van der Waals surface area contributed by atoms with E-state index in [1.54, 1.807) is 12.0 Å². The van der Waals surface area contributed by atoms with Crippen molar-refractivity contribution < 1.29 is 9.53 Å². The van der Waals surface area contributed by atoms with E-state index < -0.39 is 0 Å². The van der Waals surface area contributed by atoms with Crippen LogP contribution in [0.15, 0.2) is 47.5 Å². The van der Waals surface area contributed by atoms with Crippen LogP contribution >= 0.6 is 0 Å². The lowest BCUT2D eigenvalue weighted by molar-refractivity contribution is -0.117. The molecule has 1 aromatic heterocycles. The Balaban J connectivity index is 1.57. The van der Waals surface area contributed by atoms with Crippen molar-refractivity contribution in [1.82, 2.24) is 4.98 Å². The fraction of sp³-hybridized carbons (Fsp3) is 0.250. The molecule has 0 bridgehead atoms. The first-order valence-electron chi connectivity index (χ1n) is 8.42. The highest BCUT2D eigenvalue weighted by molar-refractivity contribution is 6.12. The average molecular weight is 333 g/mol. The summed E-state index contributed by atoms with van der Waals surface area (Å²) in [6.07, 6.45) is 5.51. The summed E-state index contributed by atoms with van der Waals surface area (Å²) >= 11 is 0.